The maximum absolute atomic E-state index is 2.39. The van der Waals surface area contributed by atoms with Crippen LogP contribution in [-0.2, 0) is 0 Å². The number of hydrogen-bond donors (Lipinski definition) is 0. The smallest absolute Gasteiger partial charge is 0.167 e. The van der Waals surface area contributed by atoms with Gasteiger partial charge in [0.25, 0.3) is 0 Å². The van der Waals surface area contributed by atoms with Gasteiger partial charge in [-0.15, -0.1) is 0 Å². The molecule has 0 saturated heterocycles. The molecule has 1 aliphatic rings. The van der Waals surface area contributed by atoms with Crippen LogP contribution in [0.5, 0.6) is 0 Å². The molecule has 0 fully saturated rings. The van der Waals surface area contributed by atoms with E-state index >= 15 is 0 Å². The van der Waals surface area contributed by atoms with E-state index in [1.807, 2.05) is 0 Å². The van der Waals surface area contributed by atoms with Crippen LogP contribution in [0.25, 0.3) is 0 Å². The zero-order chi connectivity index (χ0) is 19.2. The van der Waals surface area contributed by atoms with Crippen molar-refractivity contribution < 1.29 is 0 Å². The van der Waals surface area contributed by atoms with Crippen LogP contribution in [0.15, 0.2) is 36.7 Å². The third-order valence-electron chi connectivity index (χ3n) is 5.13. The van der Waals surface area contributed by atoms with Crippen molar-refractivity contribution in [2.24, 2.45) is 0 Å². The lowest BCUT2D eigenvalue weighted by atomic mass is 10.0. The molecule has 0 aliphatic carbocycles. The second-order valence-electron chi connectivity index (χ2n) is 7.92. The Morgan fingerprint density at radius 2 is 0.923 bits per heavy atom. The maximum Gasteiger partial charge on any atom is 0.167 e. The van der Waals surface area contributed by atoms with E-state index in [1.165, 1.54) is 44.8 Å². The summed E-state index contributed by atoms with van der Waals surface area (Å²) >= 11 is 0. The highest BCUT2D eigenvalue weighted by Crippen LogP contribution is 2.37. The molecule has 0 amide bonds. The summed E-state index contributed by atoms with van der Waals surface area (Å²) in [7, 11) is 4.30. The third kappa shape index (κ3) is 3.12. The number of rotatable bonds is 3. The van der Waals surface area contributed by atoms with Crippen LogP contribution in [0.3, 0.4) is 0 Å². The number of hydrogen-bond acceptors (Lipinski definition) is 3. The molecule has 3 rings (SSSR count). The van der Waals surface area contributed by atoms with E-state index in [1.54, 1.807) is 0 Å². The van der Waals surface area contributed by atoms with Crippen molar-refractivity contribution in [2.75, 3.05) is 23.9 Å². The van der Waals surface area contributed by atoms with E-state index in [2.05, 4.69) is 107 Å². The quantitative estimate of drug-likeness (QED) is 0.756. The van der Waals surface area contributed by atoms with Crippen molar-refractivity contribution in [3.8, 4) is 0 Å². The molecule has 0 aromatic heterocycles. The zero-order valence-corrected chi connectivity index (χ0v) is 17.4. The van der Waals surface area contributed by atoms with Gasteiger partial charge in [-0.3, -0.25) is 4.90 Å². The van der Waals surface area contributed by atoms with E-state index in [0.29, 0.717) is 0 Å². The highest BCUT2D eigenvalue weighted by molar-refractivity contribution is 5.70. The first kappa shape index (κ1) is 18.5. The number of aryl methyl sites for hydroxylation is 6. The van der Waals surface area contributed by atoms with Gasteiger partial charge in [-0.25, -0.2) is 0 Å². The van der Waals surface area contributed by atoms with Crippen molar-refractivity contribution in [3.63, 3.8) is 0 Å². The van der Waals surface area contributed by atoms with Gasteiger partial charge >= 0.3 is 0 Å². The van der Waals surface area contributed by atoms with E-state index in [4.69, 9.17) is 0 Å². The molecule has 1 aliphatic heterocycles. The summed E-state index contributed by atoms with van der Waals surface area (Å²) in [5.41, 5.74) is 10.5. The van der Waals surface area contributed by atoms with Crippen LogP contribution in [0.2, 0.25) is 0 Å². The molecule has 3 nitrogen and oxygen atoms in total. The van der Waals surface area contributed by atoms with Crippen LogP contribution < -0.4 is 9.80 Å². The predicted molar refractivity (Wildman–Crippen MR) is 113 cm³/mol. The second kappa shape index (κ2) is 6.81. The fourth-order valence-electron chi connectivity index (χ4n) is 4.47. The van der Waals surface area contributed by atoms with Gasteiger partial charge in [0.15, 0.2) is 6.29 Å². The number of benzene rings is 2. The van der Waals surface area contributed by atoms with Gasteiger partial charge in [-0.05, 0) is 77.9 Å². The fraction of sp³-hybridized carbons (Fsp3) is 0.391. The second-order valence-corrected chi connectivity index (χ2v) is 7.92. The standard InChI is InChI=1S/C23H31N3/c1-15-11-17(3)21(18(4)12-15)25-9-10-26(23(25)24(7)8)22-19(5)13-16(2)14-20(22)6/h9-14,23H,1-8H3. The number of anilines is 2. The molecule has 1 heterocycles. The molecule has 0 N–H and O–H groups in total. The minimum Gasteiger partial charge on any atom is -0.312 e. The van der Waals surface area contributed by atoms with Crippen molar-refractivity contribution in [1.82, 2.24) is 4.90 Å². The van der Waals surface area contributed by atoms with Gasteiger partial charge < -0.3 is 9.80 Å². The first-order valence-electron chi connectivity index (χ1n) is 9.28. The first-order valence-corrected chi connectivity index (χ1v) is 9.28. The van der Waals surface area contributed by atoms with Gasteiger partial charge in [-0.2, -0.15) is 0 Å². The lowest BCUT2D eigenvalue weighted by molar-refractivity contribution is 0.307. The summed E-state index contributed by atoms with van der Waals surface area (Å²) in [6.45, 7) is 13.2. The molecule has 0 atom stereocenters. The Balaban J connectivity index is 2.10. The summed E-state index contributed by atoms with van der Waals surface area (Å²) < 4.78 is 0. The molecule has 2 aromatic carbocycles. The summed E-state index contributed by atoms with van der Waals surface area (Å²) in [5, 5.41) is 0. The van der Waals surface area contributed by atoms with Crippen LogP contribution in [0.4, 0.5) is 11.4 Å². The Labute approximate surface area is 158 Å². The number of nitrogens with zero attached hydrogens (tertiary/aromatic N) is 3. The summed E-state index contributed by atoms with van der Waals surface area (Å²) in [4.78, 5) is 7.06. The normalized spacial score (nSPS) is 14.8. The molecule has 0 radical (unpaired) electrons. The SMILES string of the molecule is Cc1cc(C)c(N2C=CN(c3c(C)cc(C)cc3C)C2N(C)C)c(C)c1. The predicted octanol–water partition coefficient (Wildman–Crippen LogP) is 5.18. The monoisotopic (exact) mass is 349 g/mol. The van der Waals surface area contributed by atoms with E-state index in [-0.39, 0.29) is 6.29 Å². The Hall–Kier alpha value is -2.26. The molecule has 2 aromatic rings. The van der Waals surface area contributed by atoms with Crippen LogP contribution in [0.1, 0.15) is 33.4 Å². The van der Waals surface area contributed by atoms with Gasteiger partial charge in [0.2, 0.25) is 0 Å². The van der Waals surface area contributed by atoms with Crippen LogP contribution >= 0.6 is 0 Å². The molecule has 0 saturated carbocycles. The molecule has 3 heteroatoms. The topological polar surface area (TPSA) is 9.72 Å². The molecule has 138 valence electrons. The highest BCUT2D eigenvalue weighted by Gasteiger charge is 2.33. The van der Waals surface area contributed by atoms with E-state index < -0.39 is 0 Å². The molecule has 0 bridgehead atoms. The van der Waals surface area contributed by atoms with Crippen molar-refractivity contribution in [1.29, 1.82) is 0 Å². The van der Waals surface area contributed by atoms with E-state index in [0.717, 1.165) is 0 Å². The van der Waals surface area contributed by atoms with Crippen LogP contribution in [-0.4, -0.2) is 25.3 Å². The molecule has 0 unspecified atom stereocenters. The highest BCUT2D eigenvalue weighted by atomic mass is 15.5. The lowest BCUT2D eigenvalue weighted by Gasteiger charge is -2.39. The fourth-order valence-corrected chi connectivity index (χ4v) is 4.47. The van der Waals surface area contributed by atoms with Crippen molar-refractivity contribution >= 4 is 11.4 Å². The lowest BCUT2D eigenvalue weighted by Crippen LogP contribution is -2.50. The Morgan fingerprint density at radius 1 is 0.615 bits per heavy atom. The Bertz CT molecular complexity index is 750. The minimum atomic E-state index is 0.121. The summed E-state index contributed by atoms with van der Waals surface area (Å²) in [6, 6.07) is 9.09. The molecule has 26 heavy (non-hydrogen) atoms. The van der Waals surface area contributed by atoms with Gasteiger partial charge in [0.1, 0.15) is 0 Å². The summed E-state index contributed by atoms with van der Waals surface area (Å²) in [5.74, 6) is 0. The molecular weight excluding hydrogens is 318 g/mol. The largest absolute Gasteiger partial charge is 0.312 e. The van der Waals surface area contributed by atoms with Crippen LogP contribution in [0, 0.1) is 41.5 Å². The average Bonchev–Trinajstić information content (AvgIpc) is 2.89. The maximum atomic E-state index is 2.39. The van der Waals surface area contributed by atoms with Crippen molar-refractivity contribution in [3.05, 3.63) is 70.0 Å². The first-order chi connectivity index (χ1) is 12.2. The average molecular weight is 350 g/mol. The van der Waals surface area contributed by atoms with Gasteiger partial charge in [-0.1, -0.05) is 35.4 Å². The Kier molecular flexibility index (Phi) is 4.85. The minimum absolute atomic E-state index is 0.121. The van der Waals surface area contributed by atoms with E-state index in [9.17, 15) is 0 Å². The van der Waals surface area contributed by atoms with Crippen molar-refractivity contribution in [2.45, 2.75) is 47.8 Å². The van der Waals surface area contributed by atoms with Gasteiger partial charge in [0, 0.05) is 23.8 Å². The summed E-state index contributed by atoms with van der Waals surface area (Å²) in [6.07, 6.45) is 4.55. The zero-order valence-electron chi connectivity index (χ0n) is 17.4. The Morgan fingerprint density at radius 3 is 1.19 bits per heavy atom. The molecule has 0 spiro atoms. The van der Waals surface area contributed by atoms with Gasteiger partial charge in [0.05, 0.1) is 0 Å². The third-order valence-corrected chi connectivity index (χ3v) is 5.13. The molecular formula is C23H31N3.